The lowest BCUT2D eigenvalue weighted by Crippen LogP contribution is -2.12. The lowest BCUT2D eigenvalue weighted by atomic mass is 10.7. The highest BCUT2D eigenvalue weighted by Crippen LogP contribution is 2.43. The third-order valence-electron chi connectivity index (χ3n) is 0.964. The van der Waals surface area contributed by atoms with Crippen molar-refractivity contribution in [2.75, 3.05) is 26.4 Å². The van der Waals surface area contributed by atoms with Crippen LogP contribution in [-0.2, 0) is 25.6 Å². The highest BCUT2D eigenvalue weighted by Gasteiger charge is 2.15. The van der Waals surface area contributed by atoms with Crippen molar-refractivity contribution in [3.8, 4) is 0 Å². The van der Waals surface area contributed by atoms with Crippen molar-refractivity contribution < 1.29 is 18.7 Å². The minimum atomic E-state index is -2.90. The maximum Gasteiger partial charge on any atom is 0.324 e. The van der Waals surface area contributed by atoms with E-state index >= 15 is 0 Å². The molecule has 0 atom stereocenters. The third-order valence-corrected chi connectivity index (χ3v) is 2.61. The second-order valence-corrected chi connectivity index (χ2v) is 4.59. The average Bonchev–Trinajstić information content (AvgIpc) is 1.81. The van der Waals surface area contributed by atoms with Crippen molar-refractivity contribution in [3.05, 3.63) is 0 Å². The van der Waals surface area contributed by atoms with Gasteiger partial charge in [0, 0.05) is 0 Å². The van der Waals surface area contributed by atoms with Gasteiger partial charge in [0.25, 0.3) is 0 Å². The van der Waals surface area contributed by atoms with E-state index < -0.39 is 6.72 Å². The molecule has 0 aliphatic carbocycles. The van der Waals surface area contributed by atoms with Crippen LogP contribution >= 0.6 is 6.72 Å². The molecule has 0 aromatic carbocycles. The van der Waals surface area contributed by atoms with Gasteiger partial charge in [-0.25, -0.2) is 0 Å². The van der Waals surface area contributed by atoms with Gasteiger partial charge in [-0.05, 0) is 11.8 Å². The van der Waals surface area contributed by atoms with E-state index in [0.717, 1.165) is 0 Å². The van der Waals surface area contributed by atoms with Gasteiger partial charge in [-0.3, -0.25) is 0 Å². The number of rotatable bonds is 0. The van der Waals surface area contributed by atoms with E-state index in [9.17, 15) is 0 Å². The van der Waals surface area contributed by atoms with E-state index in [-0.39, 0.29) is 0 Å². The van der Waals surface area contributed by atoms with Crippen LogP contribution in [-0.4, -0.2) is 31.3 Å². The number of hydrogen-bond acceptors (Lipinski definition) is 4. The molecule has 0 bridgehead atoms. The molecule has 0 aromatic heterocycles. The maximum atomic E-state index is 9.11. The Bertz CT molecular complexity index is 138. The van der Waals surface area contributed by atoms with Crippen LogP contribution in [0, 0.1) is 0 Å². The van der Waals surface area contributed by atoms with Crippen molar-refractivity contribution in [2.24, 2.45) is 0 Å². The topological polar surface area (TPSA) is 47.9 Å². The Kier molecular flexibility index (Phi) is 3.23. The summed E-state index contributed by atoms with van der Waals surface area (Å²) in [6.07, 6.45) is 0. The van der Waals surface area contributed by atoms with Crippen LogP contribution in [0.2, 0.25) is 0 Å². The number of ether oxygens (including phenoxy) is 1. The van der Waals surface area contributed by atoms with Gasteiger partial charge in [-0.15, -0.1) is 0 Å². The largest absolute Gasteiger partial charge is 0.377 e. The van der Waals surface area contributed by atoms with Gasteiger partial charge in [-0.2, -0.15) is 0 Å². The lowest BCUT2D eigenvalue weighted by molar-refractivity contribution is 0.0407. The zero-order chi connectivity index (χ0) is 7.45. The Morgan fingerprint density at radius 2 is 1.60 bits per heavy atom. The molecular weight excluding hydrogens is 175 g/mol. The molecule has 1 fully saturated rings. The Morgan fingerprint density at radius 1 is 1.10 bits per heavy atom. The second-order valence-electron chi connectivity index (χ2n) is 1.75. The Morgan fingerprint density at radius 3 is 2.10 bits per heavy atom. The van der Waals surface area contributed by atoms with Crippen molar-refractivity contribution in [1.82, 2.24) is 0 Å². The summed E-state index contributed by atoms with van der Waals surface area (Å²) in [6.45, 7) is -1.33. The van der Waals surface area contributed by atoms with Crippen LogP contribution in [0.1, 0.15) is 0 Å². The molecule has 1 aliphatic heterocycles. The van der Waals surface area contributed by atoms with Crippen molar-refractivity contribution in [3.63, 3.8) is 0 Å². The molecule has 60 valence electrons. The van der Waals surface area contributed by atoms with Crippen molar-refractivity contribution >= 4 is 18.5 Å². The van der Waals surface area contributed by atoms with Gasteiger partial charge < -0.3 is 18.7 Å². The van der Waals surface area contributed by atoms with Crippen molar-refractivity contribution in [2.45, 2.75) is 0 Å². The molecule has 1 rings (SSSR count). The first-order chi connectivity index (χ1) is 4.71. The molecule has 1 N–H and O–H groups in total. The zero-order valence-electron chi connectivity index (χ0n) is 5.36. The molecule has 4 nitrogen and oxygen atoms in total. The van der Waals surface area contributed by atoms with Gasteiger partial charge >= 0.3 is 6.72 Å². The molecule has 1 aliphatic rings. The van der Waals surface area contributed by atoms with Gasteiger partial charge in [0.05, 0.1) is 26.4 Å². The summed E-state index contributed by atoms with van der Waals surface area (Å²) in [5.74, 6) is 0. The van der Waals surface area contributed by atoms with E-state index in [0.29, 0.717) is 26.4 Å². The van der Waals surface area contributed by atoms with Gasteiger partial charge in [0.2, 0.25) is 0 Å². The maximum absolute atomic E-state index is 9.11. The lowest BCUT2D eigenvalue weighted by Gasteiger charge is -2.18. The minimum absolute atomic E-state index is 0.313. The molecule has 0 spiro atoms. The molecule has 0 aromatic rings. The van der Waals surface area contributed by atoms with Crippen molar-refractivity contribution in [1.29, 1.82) is 0 Å². The smallest absolute Gasteiger partial charge is 0.324 e. The Balaban J connectivity index is 2.38. The summed E-state index contributed by atoms with van der Waals surface area (Å²) >= 11 is 4.61. The van der Waals surface area contributed by atoms with E-state index in [1.165, 1.54) is 0 Å². The standard InChI is InChI=1S/C4H9O4PS/c5-9(10)7-3-1-6-2-4-8-9/h1-4H2,(H,5,10). The zero-order valence-corrected chi connectivity index (χ0v) is 7.07. The monoisotopic (exact) mass is 184 g/mol. The normalized spacial score (nSPS) is 26.9. The fraction of sp³-hybridized carbons (Fsp3) is 1.00. The summed E-state index contributed by atoms with van der Waals surface area (Å²) in [5, 5.41) is 0. The fourth-order valence-electron chi connectivity index (χ4n) is 0.562. The Labute approximate surface area is 64.3 Å². The van der Waals surface area contributed by atoms with Crippen LogP contribution < -0.4 is 0 Å². The molecule has 10 heavy (non-hydrogen) atoms. The molecule has 0 amide bonds. The fourth-order valence-corrected chi connectivity index (χ4v) is 1.69. The predicted octanol–water partition coefficient (Wildman–Crippen LogP) is 0.267. The molecule has 6 heteroatoms. The summed E-state index contributed by atoms with van der Waals surface area (Å²) in [6, 6.07) is 0. The van der Waals surface area contributed by atoms with Crippen LogP contribution in [0.15, 0.2) is 0 Å². The minimum Gasteiger partial charge on any atom is -0.377 e. The van der Waals surface area contributed by atoms with E-state index in [4.69, 9.17) is 18.7 Å². The van der Waals surface area contributed by atoms with Crippen LogP contribution in [0.3, 0.4) is 0 Å². The SMILES string of the molecule is OP1(=S)OCCOCCO1. The van der Waals surface area contributed by atoms with Crippen LogP contribution in [0.25, 0.3) is 0 Å². The molecular formula is C4H9O4PS. The van der Waals surface area contributed by atoms with E-state index in [2.05, 4.69) is 11.8 Å². The summed E-state index contributed by atoms with van der Waals surface area (Å²) in [4.78, 5) is 9.11. The molecule has 0 saturated carbocycles. The second kappa shape index (κ2) is 3.76. The first-order valence-electron chi connectivity index (χ1n) is 2.90. The molecule has 0 radical (unpaired) electrons. The Hall–Kier alpha value is 0.490. The third kappa shape index (κ3) is 3.05. The van der Waals surface area contributed by atoms with Gasteiger partial charge in [0.15, 0.2) is 0 Å². The highest BCUT2D eigenvalue weighted by molar-refractivity contribution is 8.07. The quantitative estimate of drug-likeness (QED) is 0.547. The summed E-state index contributed by atoms with van der Waals surface area (Å²) in [5.41, 5.74) is 0. The van der Waals surface area contributed by atoms with Gasteiger partial charge in [-0.1, -0.05) is 0 Å². The van der Waals surface area contributed by atoms with E-state index in [1.807, 2.05) is 0 Å². The highest BCUT2D eigenvalue weighted by atomic mass is 32.5. The first-order valence-corrected chi connectivity index (χ1v) is 5.49. The van der Waals surface area contributed by atoms with Gasteiger partial charge in [0.1, 0.15) is 0 Å². The number of hydrogen-bond donors (Lipinski definition) is 1. The molecule has 1 saturated heterocycles. The summed E-state index contributed by atoms with van der Waals surface area (Å²) < 4.78 is 14.6. The van der Waals surface area contributed by atoms with Crippen LogP contribution in [0.4, 0.5) is 0 Å². The first kappa shape index (κ1) is 8.59. The average molecular weight is 184 g/mol. The predicted molar refractivity (Wildman–Crippen MR) is 39.2 cm³/mol. The molecule has 0 unspecified atom stereocenters. The van der Waals surface area contributed by atoms with E-state index in [1.54, 1.807) is 0 Å². The summed E-state index contributed by atoms with van der Waals surface area (Å²) in [7, 11) is 0. The van der Waals surface area contributed by atoms with Crippen LogP contribution in [0.5, 0.6) is 0 Å². The molecule has 1 heterocycles.